The lowest BCUT2D eigenvalue weighted by Gasteiger charge is -2.29. The summed E-state index contributed by atoms with van der Waals surface area (Å²) in [6.07, 6.45) is 0. The van der Waals surface area contributed by atoms with Gasteiger partial charge in [-0.2, -0.15) is 0 Å². The van der Waals surface area contributed by atoms with Crippen molar-refractivity contribution in [3.05, 3.63) is 93.2 Å². The molecule has 0 spiro atoms. The summed E-state index contributed by atoms with van der Waals surface area (Å²) in [5, 5.41) is 0. The van der Waals surface area contributed by atoms with Crippen LogP contribution in [0.25, 0.3) is 0 Å². The third-order valence-corrected chi connectivity index (χ3v) is 6.07. The van der Waals surface area contributed by atoms with Crippen molar-refractivity contribution in [1.82, 2.24) is 9.80 Å². The summed E-state index contributed by atoms with van der Waals surface area (Å²) in [5.41, 5.74) is 0.735. The molecular formula is C26H28F2N2O2S. The molecule has 0 aliphatic rings. The van der Waals surface area contributed by atoms with E-state index in [1.165, 1.54) is 35.2 Å². The number of rotatable bonds is 9. The lowest BCUT2D eigenvalue weighted by Crippen LogP contribution is -2.44. The van der Waals surface area contributed by atoms with Crippen LogP contribution in [0.5, 0.6) is 0 Å². The van der Waals surface area contributed by atoms with Gasteiger partial charge in [0.2, 0.25) is 5.91 Å². The summed E-state index contributed by atoms with van der Waals surface area (Å²) in [7, 11) is 0. The second-order valence-corrected chi connectivity index (χ2v) is 9.82. The minimum absolute atomic E-state index is 0.0510. The highest BCUT2D eigenvalue weighted by atomic mass is 32.1. The lowest BCUT2D eigenvalue weighted by atomic mass is 10.1. The van der Waals surface area contributed by atoms with E-state index >= 15 is 0 Å². The van der Waals surface area contributed by atoms with Crippen molar-refractivity contribution in [1.29, 1.82) is 0 Å². The second-order valence-electron chi connectivity index (χ2n) is 8.45. The van der Waals surface area contributed by atoms with E-state index in [0.717, 1.165) is 15.3 Å². The Hall–Kier alpha value is -3.06. The van der Waals surface area contributed by atoms with Crippen LogP contribution in [0.3, 0.4) is 0 Å². The van der Waals surface area contributed by atoms with Gasteiger partial charge in [-0.25, -0.2) is 8.78 Å². The Bertz CT molecular complexity index is 1100. The molecule has 0 aliphatic heterocycles. The fraction of sp³-hybridized carbons (Fsp3) is 0.308. The number of carbonyl (C=O) groups excluding carboxylic acids is 2. The monoisotopic (exact) mass is 470 g/mol. The molecule has 0 aliphatic carbocycles. The first-order chi connectivity index (χ1) is 15.7. The molecule has 0 saturated heterocycles. The van der Waals surface area contributed by atoms with Gasteiger partial charge in [0.15, 0.2) is 0 Å². The average Bonchev–Trinajstić information content (AvgIpc) is 3.18. The predicted octanol–water partition coefficient (Wildman–Crippen LogP) is 5.66. The number of hydrogen-bond acceptors (Lipinski definition) is 3. The van der Waals surface area contributed by atoms with E-state index in [2.05, 4.69) is 0 Å². The van der Waals surface area contributed by atoms with Gasteiger partial charge in [-0.05, 0) is 54.8 Å². The summed E-state index contributed by atoms with van der Waals surface area (Å²) in [4.78, 5) is 31.7. The quantitative estimate of drug-likeness (QED) is 0.405. The van der Waals surface area contributed by atoms with Crippen LogP contribution in [0.4, 0.5) is 8.78 Å². The van der Waals surface area contributed by atoms with Crippen LogP contribution in [0.15, 0.2) is 60.7 Å². The zero-order chi connectivity index (χ0) is 24.0. The minimum Gasteiger partial charge on any atom is -0.332 e. The van der Waals surface area contributed by atoms with Gasteiger partial charge in [0.1, 0.15) is 18.2 Å². The third kappa shape index (κ3) is 6.96. The molecule has 174 valence electrons. The van der Waals surface area contributed by atoms with Crippen LogP contribution in [0.1, 0.15) is 39.5 Å². The van der Waals surface area contributed by atoms with Crippen molar-refractivity contribution in [3.8, 4) is 0 Å². The van der Waals surface area contributed by atoms with Crippen LogP contribution < -0.4 is 0 Å². The van der Waals surface area contributed by atoms with E-state index < -0.39 is 11.7 Å². The standard InChI is InChI=1S/C26H28F2N2O2S/c1-18(2)14-30(26(32)23-6-4-5-7-24(23)28)17-25(31)29(16-22-13-8-19(3)33-22)15-20-9-11-21(27)12-10-20/h4-13,18H,14-17H2,1-3H3. The first kappa shape index (κ1) is 24.6. The molecule has 1 heterocycles. The largest absolute Gasteiger partial charge is 0.332 e. The number of amides is 2. The van der Waals surface area contributed by atoms with Crippen LogP contribution >= 0.6 is 11.3 Å². The van der Waals surface area contributed by atoms with Gasteiger partial charge in [0.25, 0.3) is 5.91 Å². The number of nitrogens with zero attached hydrogens (tertiary/aromatic N) is 2. The highest BCUT2D eigenvalue weighted by Gasteiger charge is 2.25. The molecule has 3 aromatic rings. The maximum absolute atomic E-state index is 14.3. The Labute approximate surface area is 197 Å². The van der Waals surface area contributed by atoms with Gasteiger partial charge in [-0.3, -0.25) is 9.59 Å². The smallest absolute Gasteiger partial charge is 0.257 e. The molecule has 3 rings (SSSR count). The molecule has 7 heteroatoms. The maximum atomic E-state index is 14.3. The van der Waals surface area contributed by atoms with Gasteiger partial charge in [-0.1, -0.05) is 38.1 Å². The number of hydrogen-bond donors (Lipinski definition) is 0. The zero-order valence-electron chi connectivity index (χ0n) is 19.1. The Morgan fingerprint density at radius 2 is 1.61 bits per heavy atom. The van der Waals surface area contributed by atoms with E-state index in [1.807, 2.05) is 32.9 Å². The van der Waals surface area contributed by atoms with E-state index in [9.17, 15) is 18.4 Å². The van der Waals surface area contributed by atoms with E-state index in [-0.39, 0.29) is 36.3 Å². The molecule has 0 radical (unpaired) electrons. The lowest BCUT2D eigenvalue weighted by molar-refractivity contribution is -0.133. The molecule has 0 saturated carbocycles. The Morgan fingerprint density at radius 3 is 2.21 bits per heavy atom. The molecule has 0 unspecified atom stereocenters. The summed E-state index contributed by atoms with van der Waals surface area (Å²) in [6.45, 7) is 6.68. The van der Waals surface area contributed by atoms with Crippen LogP contribution in [0, 0.1) is 24.5 Å². The molecular weight excluding hydrogens is 442 g/mol. The predicted molar refractivity (Wildman–Crippen MR) is 127 cm³/mol. The first-order valence-electron chi connectivity index (χ1n) is 10.8. The molecule has 0 bridgehead atoms. The molecule has 2 amide bonds. The number of thiophene rings is 1. The van der Waals surface area contributed by atoms with Crippen molar-refractivity contribution < 1.29 is 18.4 Å². The Kier molecular flexibility index (Phi) is 8.33. The van der Waals surface area contributed by atoms with Crippen LogP contribution in [0.2, 0.25) is 0 Å². The topological polar surface area (TPSA) is 40.6 Å². The number of carbonyl (C=O) groups is 2. The fourth-order valence-electron chi connectivity index (χ4n) is 3.53. The highest BCUT2D eigenvalue weighted by Crippen LogP contribution is 2.20. The summed E-state index contributed by atoms with van der Waals surface area (Å²) < 4.78 is 27.6. The van der Waals surface area contributed by atoms with Gasteiger partial charge >= 0.3 is 0 Å². The molecule has 2 aromatic carbocycles. The molecule has 33 heavy (non-hydrogen) atoms. The van der Waals surface area contributed by atoms with Gasteiger partial charge in [-0.15, -0.1) is 11.3 Å². The second kappa shape index (κ2) is 11.2. The normalized spacial score (nSPS) is 11.0. The zero-order valence-corrected chi connectivity index (χ0v) is 19.9. The van der Waals surface area contributed by atoms with E-state index in [4.69, 9.17) is 0 Å². The fourth-order valence-corrected chi connectivity index (χ4v) is 4.44. The van der Waals surface area contributed by atoms with E-state index in [1.54, 1.807) is 34.4 Å². The summed E-state index contributed by atoms with van der Waals surface area (Å²) in [5.74, 6) is -1.62. The molecule has 4 nitrogen and oxygen atoms in total. The van der Waals surface area contributed by atoms with Crippen molar-refractivity contribution in [2.24, 2.45) is 5.92 Å². The summed E-state index contributed by atoms with van der Waals surface area (Å²) in [6, 6.07) is 15.8. The van der Waals surface area contributed by atoms with Crippen LogP contribution in [-0.4, -0.2) is 34.7 Å². The Morgan fingerprint density at radius 1 is 0.909 bits per heavy atom. The molecule has 0 N–H and O–H groups in total. The Balaban J connectivity index is 1.84. The third-order valence-electron chi connectivity index (χ3n) is 5.09. The number of benzene rings is 2. The minimum atomic E-state index is -0.610. The van der Waals surface area contributed by atoms with Gasteiger partial charge in [0.05, 0.1) is 12.1 Å². The van der Waals surface area contributed by atoms with Gasteiger partial charge < -0.3 is 9.80 Å². The van der Waals surface area contributed by atoms with Crippen molar-refractivity contribution >= 4 is 23.2 Å². The number of halogens is 2. The molecule has 0 atom stereocenters. The van der Waals surface area contributed by atoms with Crippen molar-refractivity contribution in [2.45, 2.75) is 33.9 Å². The highest BCUT2D eigenvalue weighted by molar-refractivity contribution is 7.11. The molecule has 0 fully saturated rings. The van der Waals surface area contributed by atoms with Crippen molar-refractivity contribution in [2.75, 3.05) is 13.1 Å². The van der Waals surface area contributed by atoms with Gasteiger partial charge in [0, 0.05) is 22.8 Å². The molecule has 1 aromatic heterocycles. The maximum Gasteiger partial charge on any atom is 0.257 e. The number of aryl methyl sites for hydroxylation is 1. The average molecular weight is 471 g/mol. The SMILES string of the molecule is Cc1ccc(CN(Cc2ccc(F)cc2)C(=O)CN(CC(C)C)C(=O)c2ccccc2F)s1. The summed E-state index contributed by atoms with van der Waals surface area (Å²) >= 11 is 1.60. The first-order valence-corrected chi connectivity index (χ1v) is 11.7. The van der Waals surface area contributed by atoms with Crippen molar-refractivity contribution in [3.63, 3.8) is 0 Å². The van der Waals surface area contributed by atoms with Crippen LogP contribution in [-0.2, 0) is 17.9 Å². The van der Waals surface area contributed by atoms with E-state index in [0.29, 0.717) is 13.1 Å².